The van der Waals surface area contributed by atoms with E-state index < -0.39 is 11.9 Å². The molecule has 0 radical (unpaired) electrons. The number of halogens is 1. The number of anilines is 1. The van der Waals surface area contributed by atoms with Crippen molar-refractivity contribution < 1.29 is 18.9 Å². The third kappa shape index (κ3) is 4.77. The monoisotopic (exact) mass is 423 g/mol. The molecule has 160 valence electrons. The molecule has 31 heavy (non-hydrogen) atoms. The van der Waals surface area contributed by atoms with E-state index in [1.165, 1.54) is 21.3 Å². The maximum Gasteiger partial charge on any atom is 0.262 e. The van der Waals surface area contributed by atoms with Crippen molar-refractivity contribution in [2.45, 2.75) is 6.92 Å². The van der Waals surface area contributed by atoms with E-state index in [-0.39, 0.29) is 5.56 Å². The number of aromatic nitrogens is 2. The number of hydrogen-bond acceptors (Lipinski definition) is 6. The van der Waals surface area contributed by atoms with Crippen LogP contribution in [0.25, 0.3) is 11.1 Å². The first-order chi connectivity index (χ1) is 15.0. The molecule has 1 aromatic heterocycles. The fraction of sp³-hybridized carbons (Fsp3) is 0.182. The second-order valence-corrected chi connectivity index (χ2v) is 6.55. The van der Waals surface area contributed by atoms with Crippen molar-refractivity contribution in [2.75, 3.05) is 19.5 Å². The number of nitrogens with zero attached hydrogens (tertiary/aromatic N) is 4. The van der Waals surface area contributed by atoms with Crippen molar-refractivity contribution in [3.05, 3.63) is 70.8 Å². The lowest BCUT2D eigenvalue weighted by molar-refractivity contribution is 0.102. The van der Waals surface area contributed by atoms with Crippen molar-refractivity contribution in [3.63, 3.8) is 0 Å². The Hall–Kier alpha value is -4.01. The molecule has 2 aromatic carbocycles. The molecule has 0 aliphatic heterocycles. The molecule has 0 spiro atoms. The fourth-order valence-electron chi connectivity index (χ4n) is 3.11. The molecule has 8 nitrogen and oxygen atoms in total. The van der Waals surface area contributed by atoms with Gasteiger partial charge in [-0.05, 0) is 24.6 Å². The van der Waals surface area contributed by atoms with Crippen LogP contribution >= 0.6 is 0 Å². The number of nitrogens with one attached hydrogen (secondary N) is 1. The van der Waals surface area contributed by atoms with Crippen LogP contribution in [-0.2, 0) is 16.7 Å². The first-order valence-corrected chi connectivity index (χ1v) is 9.33. The van der Waals surface area contributed by atoms with Crippen molar-refractivity contribution >= 4 is 24.0 Å². The highest BCUT2D eigenvalue weighted by atomic mass is 19.1. The zero-order valence-corrected chi connectivity index (χ0v) is 17.6. The third-order valence-corrected chi connectivity index (χ3v) is 4.55. The molecule has 9 heteroatoms. The summed E-state index contributed by atoms with van der Waals surface area (Å²) in [4.78, 5) is 22.3. The third-order valence-electron chi connectivity index (χ3n) is 4.55. The van der Waals surface area contributed by atoms with E-state index in [9.17, 15) is 9.18 Å². The maximum absolute atomic E-state index is 14.3. The Bertz CT molecular complexity index is 1150. The summed E-state index contributed by atoms with van der Waals surface area (Å²) >= 11 is 0. The molecule has 0 atom stereocenters. The molecule has 0 aliphatic rings. The van der Waals surface area contributed by atoms with E-state index in [1.54, 1.807) is 31.5 Å². The fourth-order valence-corrected chi connectivity index (χ4v) is 3.11. The molecular formula is C22H22FN5O3. The minimum absolute atomic E-state index is 0.0867. The Labute approximate surface area is 179 Å². The zero-order valence-electron chi connectivity index (χ0n) is 17.6. The van der Waals surface area contributed by atoms with Gasteiger partial charge in [-0.25, -0.2) is 4.68 Å². The van der Waals surface area contributed by atoms with Gasteiger partial charge in [-0.1, -0.05) is 40.6 Å². The number of amides is 1. The van der Waals surface area contributed by atoms with E-state index in [0.29, 0.717) is 11.4 Å². The average molecular weight is 423 g/mol. The summed E-state index contributed by atoms with van der Waals surface area (Å²) in [6, 6.07) is 12.8. The van der Waals surface area contributed by atoms with Gasteiger partial charge in [0.1, 0.15) is 19.8 Å². The Morgan fingerprint density at radius 2 is 1.77 bits per heavy atom. The van der Waals surface area contributed by atoms with Gasteiger partial charge in [0.25, 0.3) is 5.91 Å². The van der Waals surface area contributed by atoms with Crippen LogP contribution in [0.2, 0.25) is 0 Å². The van der Waals surface area contributed by atoms with E-state index >= 15 is 0 Å². The van der Waals surface area contributed by atoms with E-state index in [1.807, 2.05) is 30.3 Å². The van der Waals surface area contributed by atoms with Crippen LogP contribution in [0.15, 0.2) is 52.8 Å². The molecule has 0 unspecified atom stereocenters. The number of aryl methyl sites for hydroxylation is 2. The second kappa shape index (κ2) is 9.66. The summed E-state index contributed by atoms with van der Waals surface area (Å²) in [5, 5.41) is 14.4. The highest BCUT2D eigenvalue weighted by Crippen LogP contribution is 2.30. The Balaban J connectivity index is 2.00. The predicted molar refractivity (Wildman–Crippen MR) is 117 cm³/mol. The van der Waals surface area contributed by atoms with Crippen LogP contribution in [0.1, 0.15) is 27.2 Å². The molecule has 0 bridgehead atoms. The van der Waals surface area contributed by atoms with Gasteiger partial charge in [-0.15, -0.1) is 0 Å². The quantitative estimate of drug-likeness (QED) is 0.463. The highest BCUT2D eigenvalue weighted by Gasteiger charge is 2.21. The number of rotatable bonds is 7. The first-order valence-electron chi connectivity index (χ1n) is 9.33. The molecular weight excluding hydrogens is 401 g/mol. The standard InChI is InChI=1S/C22H22FN5O3/c1-14-20(21(23)28(2)27-14)22(29)26-19-8-6-5-7-18(19)15-9-10-16(12-24-30-3)17(11-15)13-25-31-4/h5-13H,1-4H3,(H,26,29)/b24-12+,25-13-. The summed E-state index contributed by atoms with van der Waals surface area (Å²) in [5.41, 5.74) is 3.82. The smallest absolute Gasteiger partial charge is 0.262 e. The van der Waals surface area contributed by atoms with Gasteiger partial charge < -0.3 is 15.0 Å². The number of hydrogen-bond donors (Lipinski definition) is 1. The average Bonchev–Trinajstić information content (AvgIpc) is 3.02. The topological polar surface area (TPSA) is 90.1 Å². The van der Waals surface area contributed by atoms with Crippen molar-refractivity contribution in [2.24, 2.45) is 17.4 Å². The lowest BCUT2D eigenvalue weighted by Crippen LogP contribution is -2.15. The SMILES string of the molecule is CO/N=C\c1cc(-c2ccccc2NC(=O)c2c(C)nn(C)c2F)ccc1/C=N/OC. The normalized spacial score (nSPS) is 11.3. The van der Waals surface area contributed by atoms with Crippen LogP contribution in [0.4, 0.5) is 10.1 Å². The Morgan fingerprint density at radius 1 is 1.10 bits per heavy atom. The molecule has 0 saturated carbocycles. The lowest BCUT2D eigenvalue weighted by atomic mass is 9.98. The van der Waals surface area contributed by atoms with Crippen LogP contribution in [0.3, 0.4) is 0 Å². The van der Waals surface area contributed by atoms with Gasteiger partial charge in [0.05, 0.1) is 18.1 Å². The van der Waals surface area contributed by atoms with Gasteiger partial charge in [0.15, 0.2) is 0 Å². The summed E-state index contributed by atoms with van der Waals surface area (Å²) in [6.07, 6.45) is 3.11. The molecule has 1 amide bonds. The minimum Gasteiger partial charge on any atom is -0.399 e. The highest BCUT2D eigenvalue weighted by molar-refractivity contribution is 6.07. The summed E-state index contributed by atoms with van der Waals surface area (Å²) in [5.74, 6) is -1.26. The second-order valence-electron chi connectivity index (χ2n) is 6.55. The van der Waals surface area contributed by atoms with E-state index in [4.69, 9.17) is 9.68 Å². The van der Waals surface area contributed by atoms with E-state index in [2.05, 4.69) is 20.7 Å². The Morgan fingerprint density at radius 3 is 2.42 bits per heavy atom. The summed E-state index contributed by atoms with van der Waals surface area (Å²) < 4.78 is 15.3. The van der Waals surface area contributed by atoms with Crippen LogP contribution in [0, 0.1) is 12.9 Å². The number of para-hydroxylation sites is 1. The maximum atomic E-state index is 14.3. The number of carbonyl (C=O) groups excluding carboxylic acids is 1. The van der Waals surface area contributed by atoms with Gasteiger partial charge in [0, 0.05) is 29.4 Å². The van der Waals surface area contributed by atoms with Crippen molar-refractivity contribution in [3.8, 4) is 11.1 Å². The van der Waals surface area contributed by atoms with Crippen LogP contribution in [0.5, 0.6) is 0 Å². The molecule has 3 aromatic rings. The van der Waals surface area contributed by atoms with Crippen LogP contribution < -0.4 is 5.32 Å². The number of benzene rings is 2. The molecule has 1 N–H and O–H groups in total. The van der Waals surface area contributed by atoms with Gasteiger partial charge in [0.2, 0.25) is 5.95 Å². The van der Waals surface area contributed by atoms with Crippen LogP contribution in [-0.4, -0.2) is 42.3 Å². The number of carbonyl (C=O) groups is 1. The summed E-state index contributed by atoms with van der Waals surface area (Å²) in [7, 11) is 4.36. The van der Waals surface area contributed by atoms with Crippen molar-refractivity contribution in [1.82, 2.24) is 9.78 Å². The molecule has 0 saturated heterocycles. The van der Waals surface area contributed by atoms with Gasteiger partial charge in [-0.2, -0.15) is 9.49 Å². The molecule has 1 heterocycles. The lowest BCUT2D eigenvalue weighted by Gasteiger charge is -2.12. The van der Waals surface area contributed by atoms with Crippen molar-refractivity contribution in [1.29, 1.82) is 0 Å². The zero-order chi connectivity index (χ0) is 22.4. The first kappa shape index (κ1) is 21.7. The van der Waals surface area contributed by atoms with Gasteiger partial charge in [-0.3, -0.25) is 4.79 Å². The molecule has 3 rings (SSSR count). The number of oxime groups is 2. The molecule has 0 fully saturated rings. The van der Waals surface area contributed by atoms with E-state index in [0.717, 1.165) is 26.9 Å². The summed E-state index contributed by atoms with van der Waals surface area (Å²) in [6.45, 7) is 1.59. The molecule has 0 aliphatic carbocycles. The van der Waals surface area contributed by atoms with Gasteiger partial charge >= 0.3 is 0 Å². The predicted octanol–water partition coefficient (Wildman–Crippen LogP) is 3.75. The minimum atomic E-state index is -0.688. The largest absolute Gasteiger partial charge is 0.399 e. The Kier molecular flexibility index (Phi) is 6.76.